The van der Waals surface area contributed by atoms with Crippen LogP contribution in [-0.4, -0.2) is 48.8 Å². The molecule has 0 unspecified atom stereocenters. The van der Waals surface area contributed by atoms with Gasteiger partial charge in [0, 0.05) is 29.6 Å². The summed E-state index contributed by atoms with van der Waals surface area (Å²) in [5.41, 5.74) is 1.17. The van der Waals surface area contributed by atoms with Gasteiger partial charge in [0.2, 0.25) is 5.91 Å². The van der Waals surface area contributed by atoms with Crippen molar-refractivity contribution in [3.05, 3.63) is 66.2 Å². The molecule has 0 spiro atoms. The summed E-state index contributed by atoms with van der Waals surface area (Å²) in [5.74, 6) is 1.35. The molecule has 0 radical (unpaired) electrons. The lowest BCUT2D eigenvalue weighted by Gasteiger charge is -2.52. The van der Waals surface area contributed by atoms with Gasteiger partial charge in [0.25, 0.3) is 0 Å². The van der Waals surface area contributed by atoms with E-state index in [4.69, 9.17) is 9.47 Å². The largest absolute Gasteiger partial charge is 0.493 e. The van der Waals surface area contributed by atoms with Gasteiger partial charge in [-0.1, -0.05) is 55.3 Å². The van der Waals surface area contributed by atoms with Crippen LogP contribution < -0.4 is 14.8 Å². The van der Waals surface area contributed by atoms with Gasteiger partial charge >= 0.3 is 0 Å². The number of aliphatic hydroxyl groups is 1. The monoisotopic (exact) mass is 474 g/mol. The normalized spacial score (nSPS) is 24.5. The predicted octanol–water partition coefficient (Wildman–Crippen LogP) is 5.16. The average Bonchev–Trinajstić information content (AvgIpc) is 2.88. The van der Waals surface area contributed by atoms with E-state index in [1.807, 2.05) is 60.7 Å². The molecule has 184 valence electrons. The Balaban J connectivity index is 1.44. The summed E-state index contributed by atoms with van der Waals surface area (Å²) in [6.45, 7) is 0.920. The molecular weight excluding hydrogens is 440 g/mol. The van der Waals surface area contributed by atoms with Crippen LogP contribution in [0.15, 0.2) is 60.7 Å². The zero-order chi connectivity index (χ0) is 24.4. The molecule has 0 bridgehead atoms. The van der Waals surface area contributed by atoms with Crippen molar-refractivity contribution in [1.82, 2.24) is 4.90 Å². The molecule has 0 aromatic heterocycles. The van der Waals surface area contributed by atoms with Gasteiger partial charge in [-0.05, 0) is 48.4 Å². The van der Waals surface area contributed by atoms with Crippen molar-refractivity contribution in [3.63, 3.8) is 0 Å². The van der Waals surface area contributed by atoms with Gasteiger partial charge in [0.1, 0.15) is 0 Å². The minimum atomic E-state index is -0.696. The second-order valence-electron chi connectivity index (χ2n) is 9.81. The quantitative estimate of drug-likeness (QED) is 0.516. The van der Waals surface area contributed by atoms with Gasteiger partial charge in [-0.2, -0.15) is 0 Å². The summed E-state index contributed by atoms with van der Waals surface area (Å²) in [5, 5.41) is 16.8. The fourth-order valence-electron chi connectivity index (χ4n) is 6.11. The Morgan fingerprint density at radius 2 is 1.83 bits per heavy atom. The summed E-state index contributed by atoms with van der Waals surface area (Å²) in [6.07, 6.45) is 4.58. The van der Waals surface area contributed by atoms with E-state index in [-0.39, 0.29) is 24.4 Å². The number of carbonyl (C=O) groups excluding carboxylic acids is 1. The second kappa shape index (κ2) is 9.88. The van der Waals surface area contributed by atoms with Gasteiger partial charge in [-0.3, -0.25) is 9.69 Å². The predicted molar refractivity (Wildman–Crippen MR) is 138 cm³/mol. The molecule has 1 aliphatic heterocycles. The van der Waals surface area contributed by atoms with Crippen LogP contribution in [-0.2, 0) is 4.79 Å². The Labute approximate surface area is 206 Å². The van der Waals surface area contributed by atoms with E-state index in [2.05, 4.69) is 10.2 Å². The third kappa shape index (κ3) is 4.60. The zero-order valence-corrected chi connectivity index (χ0v) is 20.5. The standard InChI is InChI=1S/C29H34N2O4/c1-34-25-14-13-21(18-26(25)35-2)28-23-11-5-6-15-29(23,33)16-17-31(28)19-27(32)30-24-12-7-9-20-8-3-4-10-22(20)24/h3-4,7-10,12-14,18,23,28,33H,5-6,11,15-17,19H2,1-2H3,(H,30,32)/t23-,28+,29+/m0/s1. The number of hydrogen-bond donors (Lipinski definition) is 2. The van der Waals surface area contributed by atoms with Crippen LogP contribution in [0.4, 0.5) is 5.69 Å². The van der Waals surface area contributed by atoms with Gasteiger partial charge in [0.15, 0.2) is 11.5 Å². The first kappa shape index (κ1) is 23.6. The van der Waals surface area contributed by atoms with E-state index >= 15 is 0 Å². The molecule has 6 nitrogen and oxygen atoms in total. The number of fused-ring (bicyclic) bond motifs is 2. The highest BCUT2D eigenvalue weighted by molar-refractivity contribution is 6.02. The highest BCUT2D eigenvalue weighted by Gasteiger charge is 2.49. The third-order valence-electron chi connectivity index (χ3n) is 7.83. The first-order valence-corrected chi connectivity index (χ1v) is 12.5. The smallest absolute Gasteiger partial charge is 0.238 e. The molecule has 2 fully saturated rings. The number of likely N-dealkylation sites (tertiary alicyclic amines) is 1. The molecule has 5 rings (SSSR count). The SMILES string of the molecule is COc1ccc([C@@H]2[C@@H]3CCCC[C@@]3(O)CCN2CC(=O)Nc2cccc3ccccc23)cc1OC. The highest BCUT2D eigenvalue weighted by atomic mass is 16.5. The zero-order valence-electron chi connectivity index (χ0n) is 20.5. The Kier molecular flexibility index (Phi) is 6.67. The van der Waals surface area contributed by atoms with E-state index in [1.165, 1.54) is 0 Å². The molecule has 1 heterocycles. The number of nitrogens with one attached hydrogen (secondary N) is 1. The van der Waals surface area contributed by atoms with Crippen molar-refractivity contribution in [2.24, 2.45) is 5.92 Å². The Hall–Kier alpha value is -3.09. The maximum atomic E-state index is 13.3. The lowest BCUT2D eigenvalue weighted by Crippen LogP contribution is -2.56. The van der Waals surface area contributed by atoms with Crippen LogP contribution in [0.1, 0.15) is 43.7 Å². The third-order valence-corrected chi connectivity index (χ3v) is 7.83. The summed E-state index contributed by atoms with van der Waals surface area (Å²) in [6, 6.07) is 19.9. The number of benzene rings is 3. The molecular formula is C29H34N2O4. The van der Waals surface area contributed by atoms with Gasteiger partial charge in [-0.25, -0.2) is 0 Å². The van der Waals surface area contributed by atoms with Crippen LogP contribution in [0, 0.1) is 5.92 Å². The first-order chi connectivity index (χ1) is 17.0. The number of methoxy groups -OCH3 is 2. The van der Waals surface area contributed by atoms with Gasteiger partial charge in [0.05, 0.1) is 26.4 Å². The molecule has 3 aromatic rings. The second-order valence-corrected chi connectivity index (χ2v) is 9.81. The van der Waals surface area contributed by atoms with E-state index in [1.54, 1.807) is 14.2 Å². The molecule has 2 aliphatic rings. The molecule has 6 heteroatoms. The number of nitrogens with zero attached hydrogens (tertiary/aromatic N) is 1. The van der Waals surface area contributed by atoms with Crippen LogP contribution in [0.2, 0.25) is 0 Å². The highest BCUT2D eigenvalue weighted by Crippen LogP contribution is 2.50. The number of rotatable bonds is 6. The number of amides is 1. The van der Waals surface area contributed by atoms with Crippen LogP contribution in [0.25, 0.3) is 10.8 Å². The number of anilines is 1. The Morgan fingerprint density at radius 1 is 1.03 bits per heavy atom. The molecule has 2 N–H and O–H groups in total. The van der Waals surface area contributed by atoms with Crippen molar-refractivity contribution in [1.29, 1.82) is 0 Å². The molecule has 1 saturated heterocycles. The van der Waals surface area contributed by atoms with Crippen molar-refractivity contribution in [2.75, 3.05) is 32.6 Å². The van der Waals surface area contributed by atoms with Crippen LogP contribution in [0.3, 0.4) is 0 Å². The number of ether oxygens (including phenoxy) is 2. The van der Waals surface area contributed by atoms with Crippen molar-refractivity contribution >= 4 is 22.4 Å². The minimum absolute atomic E-state index is 0.0481. The maximum absolute atomic E-state index is 13.3. The summed E-state index contributed by atoms with van der Waals surface area (Å²) >= 11 is 0. The number of hydrogen-bond acceptors (Lipinski definition) is 5. The van der Waals surface area contributed by atoms with Crippen molar-refractivity contribution in [3.8, 4) is 11.5 Å². The van der Waals surface area contributed by atoms with Crippen molar-refractivity contribution in [2.45, 2.75) is 43.7 Å². The van der Waals surface area contributed by atoms with Crippen LogP contribution >= 0.6 is 0 Å². The van der Waals surface area contributed by atoms with E-state index in [0.717, 1.165) is 47.7 Å². The lowest BCUT2D eigenvalue weighted by atomic mass is 9.66. The minimum Gasteiger partial charge on any atom is -0.493 e. The van der Waals surface area contributed by atoms with E-state index in [9.17, 15) is 9.90 Å². The average molecular weight is 475 g/mol. The Morgan fingerprint density at radius 3 is 2.66 bits per heavy atom. The molecule has 3 atom stereocenters. The van der Waals surface area contributed by atoms with Gasteiger partial charge < -0.3 is 19.9 Å². The summed E-state index contributed by atoms with van der Waals surface area (Å²) in [4.78, 5) is 15.5. The summed E-state index contributed by atoms with van der Waals surface area (Å²) < 4.78 is 11.0. The van der Waals surface area contributed by atoms with E-state index < -0.39 is 5.60 Å². The number of carbonyl (C=O) groups is 1. The molecule has 1 amide bonds. The van der Waals surface area contributed by atoms with Crippen molar-refractivity contribution < 1.29 is 19.4 Å². The molecule has 3 aromatic carbocycles. The molecule has 35 heavy (non-hydrogen) atoms. The fourth-order valence-corrected chi connectivity index (χ4v) is 6.11. The molecule has 1 saturated carbocycles. The Bertz CT molecular complexity index is 1210. The molecule has 1 aliphatic carbocycles. The number of piperidine rings is 1. The maximum Gasteiger partial charge on any atom is 0.238 e. The summed E-state index contributed by atoms with van der Waals surface area (Å²) in [7, 11) is 3.26. The lowest BCUT2D eigenvalue weighted by molar-refractivity contribution is -0.135. The first-order valence-electron chi connectivity index (χ1n) is 12.5. The topological polar surface area (TPSA) is 71.0 Å². The van der Waals surface area contributed by atoms with Crippen LogP contribution in [0.5, 0.6) is 11.5 Å². The van der Waals surface area contributed by atoms with E-state index in [0.29, 0.717) is 24.5 Å². The fraction of sp³-hybridized carbons (Fsp3) is 0.414. The van der Waals surface area contributed by atoms with Gasteiger partial charge in [-0.15, -0.1) is 0 Å².